The summed E-state index contributed by atoms with van der Waals surface area (Å²) in [5.74, 6) is 0.404. The van der Waals surface area contributed by atoms with Crippen LogP contribution in [0.2, 0.25) is 5.02 Å². The number of nitrogens with zero attached hydrogens (tertiary/aromatic N) is 4. The average Bonchev–Trinajstić information content (AvgIpc) is 3.71. The standard InChI is InChI=1S/C36H39ClN6O4/c1-47-31-13-10-26(11-14-31)21-32(40-33(44)15-12-29-22-38-24-39-29)34(45)41-18-16-36(17-19-41)35(46)42(23-27-6-5-7-28(37)20-27)25-43(36)30-8-3-2-4-9-30/h2-11,13-14,20,22,24,32H,12,15-19,21,23,25H2,1H3,(H,38,39)(H,40,44). The third-order valence-corrected chi connectivity index (χ3v) is 9.39. The van der Waals surface area contributed by atoms with Crippen LogP contribution in [0.15, 0.2) is 91.4 Å². The number of methoxy groups -OCH3 is 1. The summed E-state index contributed by atoms with van der Waals surface area (Å²) in [6, 6.07) is 24.3. The van der Waals surface area contributed by atoms with E-state index in [2.05, 4.69) is 20.2 Å². The van der Waals surface area contributed by atoms with Crippen LogP contribution >= 0.6 is 11.6 Å². The van der Waals surface area contributed by atoms with Gasteiger partial charge in [-0.15, -0.1) is 0 Å². The number of imidazole rings is 1. The monoisotopic (exact) mass is 654 g/mol. The second-order valence-corrected chi connectivity index (χ2v) is 12.6. The number of aromatic nitrogens is 2. The van der Waals surface area contributed by atoms with Gasteiger partial charge in [0, 0.05) is 55.1 Å². The number of nitrogens with one attached hydrogen (secondary N) is 2. The van der Waals surface area contributed by atoms with Gasteiger partial charge in [-0.3, -0.25) is 14.4 Å². The molecule has 0 aliphatic carbocycles. The molecule has 4 aromatic rings. The van der Waals surface area contributed by atoms with Gasteiger partial charge in [-0.1, -0.05) is 54.1 Å². The first-order chi connectivity index (χ1) is 22.8. The van der Waals surface area contributed by atoms with Gasteiger partial charge in [0.1, 0.15) is 17.3 Å². The molecule has 0 radical (unpaired) electrons. The summed E-state index contributed by atoms with van der Waals surface area (Å²) in [5, 5.41) is 3.64. The summed E-state index contributed by atoms with van der Waals surface area (Å²) < 4.78 is 5.30. The van der Waals surface area contributed by atoms with Gasteiger partial charge in [-0.25, -0.2) is 4.98 Å². The minimum absolute atomic E-state index is 0.0512. The van der Waals surface area contributed by atoms with Crippen molar-refractivity contribution in [3.8, 4) is 5.75 Å². The lowest BCUT2D eigenvalue weighted by Crippen LogP contribution is -2.59. The van der Waals surface area contributed by atoms with E-state index in [4.69, 9.17) is 16.3 Å². The van der Waals surface area contributed by atoms with Crippen molar-refractivity contribution >= 4 is 35.0 Å². The third-order valence-electron chi connectivity index (χ3n) is 9.16. The molecule has 47 heavy (non-hydrogen) atoms. The van der Waals surface area contributed by atoms with Crippen molar-refractivity contribution in [2.24, 2.45) is 0 Å². The number of benzene rings is 3. The number of para-hydroxylation sites is 1. The lowest BCUT2D eigenvalue weighted by Gasteiger charge is -2.44. The smallest absolute Gasteiger partial charge is 0.250 e. The van der Waals surface area contributed by atoms with Gasteiger partial charge in [0.05, 0.1) is 20.1 Å². The van der Waals surface area contributed by atoms with Gasteiger partial charge in [-0.2, -0.15) is 0 Å². The van der Waals surface area contributed by atoms with Gasteiger partial charge in [-0.05, 0) is 66.8 Å². The van der Waals surface area contributed by atoms with E-state index < -0.39 is 11.6 Å². The number of anilines is 1. The number of hydrogen-bond acceptors (Lipinski definition) is 6. The Bertz CT molecular complexity index is 1670. The molecule has 244 valence electrons. The molecule has 2 saturated heterocycles. The lowest BCUT2D eigenvalue weighted by molar-refractivity contribution is -0.141. The highest BCUT2D eigenvalue weighted by Gasteiger charge is 2.54. The van der Waals surface area contributed by atoms with Crippen molar-refractivity contribution in [2.75, 3.05) is 31.8 Å². The number of piperidine rings is 1. The molecule has 10 nitrogen and oxygen atoms in total. The summed E-state index contributed by atoms with van der Waals surface area (Å²) in [6.45, 7) is 1.67. The number of likely N-dealkylation sites (tertiary alicyclic amines) is 1. The molecular weight excluding hydrogens is 616 g/mol. The Balaban J connectivity index is 1.19. The van der Waals surface area contributed by atoms with E-state index in [0.717, 1.165) is 28.3 Å². The Kier molecular flexibility index (Phi) is 9.77. The van der Waals surface area contributed by atoms with Crippen LogP contribution in [0.3, 0.4) is 0 Å². The SMILES string of the molecule is COc1ccc(CC(NC(=O)CCc2cnc[nH]2)C(=O)N2CCC3(CC2)C(=O)N(Cc2cccc(Cl)c2)CN3c2ccccc2)cc1. The fraction of sp³-hybridized carbons (Fsp3) is 0.333. The second kappa shape index (κ2) is 14.3. The van der Waals surface area contributed by atoms with Crippen LogP contribution in [0.25, 0.3) is 0 Å². The third kappa shape index (κ3) is 7.28. The maximum absolute atomic E-state index is 14.2. The van der Waals surface area contributed by atoms with Crippen LogP contribution in [0.5, 0.6) is 5.75 Å². The van der Waals surface area contributed by atoms with Gasteiger partial charge >= 0.3 is 0 Å². The van der Waals surface area contributed by atoms with Crippen LogP contribution < -0.4 is 15.0 Å². The number of ether oxygens (including phenoxy) is 1. The highest BCUT2D eigenvalue weighted by atomic mass is 35.5. The van der Waals surface area contributed by atoms with E-state index in [0.29, 0.717) is 57.0 Å². The van der Waals surface area contributed by atoms with Crippen molar-refractivity contribution < 1.29 is 19.1 Å². The zero-order valence-electron chi connectivity index (χ0n) is 26.4. The van der Waals surface area contributed by atoms with E-state index in [9.17, 15) is 14.4 Å². The van der Waals surface area contributed by atoms with Crippen molar-refractivity contribution in [2.45, 2.75) is 50.2 Å². The Labute approximate surface area is 279 Å². The molecule has 1 atom stereocenters. The molecule has 3 heterocycles. The summed E-state index contributed by atoms with van der Waals surface area (Å²) in [5.41, 5.74) is 2.91. The molecule has 3 amide bonds. The summed E-state index contributed by atoms with van der Waals surface area (Å²) in [6.07, 6.45) is 5.27. The first-order valence-corrected chi connectivity index (χ1v) is 16.3. The van der Waals surface area contributed by atoms with Gasteiger partial charge < -0.3 is 29.7 Å². The predicted molar refractivity (Wildman–Crippen MR) is 180 cm³/mol. The molecule has 2 aliphatic heterocycles. The van der Waals surface area contributed by atoms with E-state index >= 15 is 0 Å². The lowest BCUT2D eigenvalue weighted by atomic mass is 9.85. The first-order valence-electron chi connectivity index (χ1n) is 15.9. The van der Waals surface area contributed by atoms with Crippen LogP contribution in [0.4, 0.5) is 5.69 Å². The molecule has 6 rings (SSSR count). The minimum atomic E-state index is -0.782. The topological polar surface area (TPSA) is 111 Å². The van der Waals surface area contributed by atoms with Crippen molar-refractivity contribution in [3.05, 3.63) is 113 Å². The predicted octanol–water partition coefficient (Wildman–Crippen LogP) is 4.60. The molecule has 2 aliphatic rings. The normalized spacial score (nSPS) is 16.4. The maximum Gasteiger partial charge on any atom is 0.250 e. The number of carbonyl (C=O) groups excluding carboxylic acids is 3. The quantitative estimate of drug-likeness (QED) is 0.245. The Morgan fingerprint density at radius 3 is 2.47 bits per heavy atom. The molecule has 1 unspecified atom stereocenters. The van der Waals surface area contributed by atoms with E-state index in [1.54, 1.807) is 24.5 Å². The van der Waals surface area contributed by atoms with E-state index in [1.165, 1.54) is 0 Å². The zero-order chi connectivity index (χ0) is 32.8. The minimum Gasteiger partial charge on any atom is -0.497 e. The molecular formula is C36H39ClN6O4. The van der Waals surface area contributed by atoms with Crippen molar-refractivity contribution in [1.29, 1.82) is 0 Å². The maximum atomic E-state index is 14.2. The van der Waals surface area contributed by atoms with Crippen molar-refractivity contribution in [1.82, 2.24) is 25.1 Å². The Morgan fingerprint density at radius 1 is 1.02 bits per heavy atom. The van der Waals surface area contributed by atoms with Gasteiger partial charge in [0.2, 0.25) is 17.7 Å². The van der Waals surface area contributed by atoms with Crippen LogP contribution in [-0.2, 0) is 33.8 Å². The Morgan fingerprint density at radius 2 is 1.79 bits per heavy atom. The number of amides is 3. The van der Waals surface area contributed by atoms with E-state index in [1.807, 2.05) is 83.8 Å². The first kappa shape index (κ1) is 32.1. The molecule has 0 saturated carbocycles. The molecule has 2 N–H and O–H groups in total. The molecule has 3 aromatic carbocycles. The molecule has 1 aromatic heterocycles. The Hall–Kier alpha value is -4.83. The number of aryl methyl sites for hydroxylation is 1. The number of halogens is 1. The molecule has 11 heteroatoms. The number of hydrogen-bond donors (Lipinski definition) is 2. The molecule has 1 spiro atoms. The van der Waals surface area contributed by atoms with Crippen molar-refractivity contribution in [3.63, 3.8) is 0 Å². The largest absolute Gasteiger partial charge is 0.497 e. The number of aromatic amines is 1. The fourth-order valence-corrected chi connectivity index (χ4v) is 6.84. The summed E-state index contributed by atoms with van der Waals surface area (Å²) in [7, 11) is 1.61. The fourth-order valence-electron chi connectivity index (χ4n) is 6.63. The number of rotatable bonds is 11. The summed E-state index contributed by atoms with van der Waals surface area (Å²) in [4.78, 5) is 54.3. The second-order valence-electron chi connectivity index (χ2n) is 12.1. The highest BCUT2D eigenvalue weighted by Crippen LogP contribution is 2.40. The van der Waals surface area contributed by atoms with Crippen LogP contribution in [0.1, 0.15) is 36.1 Å². The van der Waals surface area contributed by atoms with Gasteiger partial charge in [0.25, 0.3) is 0 Å². The summed E-state index contributed by atoms with van der Waals surface area (Å²) >= 11 is 6.25. The van der Waals surface area contributed by atoms with Crippen LogP contribution in [0, 0.1) is 0 Å². The molecule has 0 bridgehead atoms. The highest BCUT2D eigenvalue weighted by molar-refractivity contribution is 6.30. The number of H-pyrrole nitrogens is 1. The van der Waals surface area contributed by atoms with Gasteiger partial charge in [0.15, 0.2) is 0 Å². The zero-order valence-corrected chi connectivity index (χ0v) is 27.2. The molecule has 2 fully saturated rings. The number of carbonyl (C=O) groups is 3. The van der Waals surface area contributed by atoms with E-state index in [-0.39, 0.29) is 24.1 Å². The van der Waals surface area contributed by atoms with Crippen LogP contribution in [-0.4, -0.2) is 75.9 Å². The average molecular weight is 655 g/mol.